The number of carboxylic acids is 1. The van der Waals surface area contributed by atoms with Gasteiger partial charge in [-0.2, -0.15) is 13.2 Å². The lowest BCUT2D eigenvalue weighted by Crippen LogP contribution is -2.15. The van der Waals surface area contributed by atoms with Gasteiger partial charge in [-0.25, -0.2) is 9.78 Å². The first-order valence-electron chi connectivity index (χ1n) is 4.30. The second kappa shape index (κ2) is 4.73. The quantitative estimate of drug-likeness (QED) is 0.839. The van der Waals surface area contributed by atoms with Crippen LogP contribution in [-0.2, 0) is 6.18 Å². The number of halogens is 3. The van der Waals surface area contributed by atoms with Gasteiger partial charge < -0.3 is 5.11 Å². The van der Waals surface area contributed by atoms with Gasteiger partial charge in [0.25, 0.3) is 0 Å². The summed E-state index contributed by atoms with van der Waals surface area (Å²) >= 11 is 1.12. The first kappa shape index (κ1) is 12.8. The topological polar surface area (TPSA) is 50.2 Å². The summed E-state index contributed by atoms with van der Waals surface area (Å²) in [7, 11) is 0. The van der Waals surface area contributed by atoms with E-state index in [1.807, 2.05) is 0 Å². The number of hydrogen-bond donors (Lipinski definition) is 1. The van der Waals surface area contributed by atoms with Crippen molar-refractivity contribution in [3.05, 3.63) is 23.4 Å². The molecule has 0 fully saturated rings. The van der Waals surface area contributed by atoms with Gasteiger partial charge in [-0.3, -0.25) is 0 Å². The van der Waals surface area contributed by atoms with Gasteiger partial charge in [0.05, 0.1) is 10.6 Å². The Morgan fingerprint density at radius 1 is 1.50 bits per heavy atom. The number of aromatic carboxylic acids is 1. The lowest BCUT2D eigenvalue weighted by Gasteiger charge is -2.10. The molecule has 1 rings (SSSR count). The molecule has 16 heavy (non-hydrogen) atoms. The van der Waals surface area contributed by atoms with Crippen molar-refractivity contribution in [3.8, 4) is 0 Å². The predicted octanol–water partition coefficient (Wildman–Crippen LogP) is 2.91. The Morgan fingerprint density at radius 2 is 2.12 bits per heavy atom. The molecule has 0 atom stereocenters. The molecule has 0 unspecified atom stereocenters. The third-order valence-corrected chi connectivity index (χ3v) is 2.47. The first-order valence-corrected chi connectivity index (χ1v) is 5.29. The highest BCUT2D eigenvalue weighted by atomic mass is 32.2. The molecule has 0 aliphatic heterocycles. The van der Waals surface area contributed by atoms with Gasteiger partial charge in [0, 0.05) is 0 Å². The number of rotatable bonds is 3. The zero-order valence-corrected chi connectivity index (χ0v) is 9.02. The highest BCUT2D eigenvalue weighted by Gasteiger charge is 2.37. The normalized spacial score (nSPS) is 11.5. The summed E-state index contributed by atoms with van der Waals surface area (Å²) in [4.78, 5) is 13.9. The van der Waals surface area contributed by atoms with E-state index in [-0.39, 0.29) is 5.03 Å². The van der Waals surface area contributed by atoms with Crippen molar-refractivity contribution in [3.63, 3.8) is 0 Å². The van der Waals surface area contributed by atoms with Crippen molar-refractivity contribution in [2.24, 2.45) is 0 Å². The lowest BCUT2D eigenvalue weighted by atomic mass is 10.2. The maximum absolute atomic E-state index is 12.5. The van der Waals surface area contributed by atoms with E-state index in [0.717, 1.165) is 17.8 Å². The van der Waals surface area contributed by atoms with Crippen LogP contribution in [0, 0.1) is 0 Å². The molecular formula is C9H8F3NO2S. The fourth-order valence-corrected chi connectivity index (χ4v) is 1.67. The van der Waals surface area contributed by atoms with Gasteiger partial charge in [-0.05, 0) is 17.9 Å². The summed E-state index contributed by atoms with van der Waals surface area (Å²) in [6, 6.07) is 2.20. The highest BCUT2D eigenvalue weighted by molar-refractivity contribution is 7.99. The molecule has 88 valence electrons. The Balaban J connectivity index is 3.27. The van der Waals surface area contributed by atoms with E-state index in [4.69, 9.17) is 5.11 Å². The zero-order chi connectivity index (χ0) is 12.3. The van der Waals surface area contributed by atoms with Gasteiger partial charge in [-0.1, -0.05) is 6.92 Å². The summed E-state index contributed by atoms with van der Waals surface area (Å²) in [5, 5.41) is 8.77. The largest absolute Gasteiger partial charge is 0.478 e. The van der Waals surface area contributed by atoms with Crippen LogP contribution < -0.4 is 0 Å². The Morgan fingerprint density at radius 3 is 2.56 bits per heavy atom. The zero-order valence-electron chi connectivity index (χ0n) is 8.21. The number of carbonyl (C=O) groups is 1. The molecule has 0 bridgehead atoms. The predicted molar refractivity (Wildman–Crippen MR) is 52.6 cm³/mol. The molecule has 0 radical (unpaired) electrons. The minimum atomic E-state index is -4.75. The Kier molecular flexibility index (Phi) is 3.79. The third-order valence-electron chi connectivity index (χ3n) is 1.66. The number of hydrogen-bond acceptors (Lipinski definition) is 3. The van der Waals surface area contributed by atoms with Crippen LogP contribution in [0.2, 0.25) is 0 Å². The van der Waals surface area contributed by atoms with Gasteiger partial charge in [0.1, 0.15) is 0 Å². The molecule has 0 amide bonds. The molecule has 1 aromatic rings. The monoisotopic (exact) mass is 251 g/mol. The number of thioether (sulfide) groups is 1. The standard InChI is InChI=1S/C9H8F3NO2S/c1-2-16-6-4-3-5(8(14)15)7(13-6)9(10,11)12/h3-4H,2H2,1H3,(H,14,15). The van der Waals surface area contributed by atoms with E-state index in [1.165, 1.54) is 6.07 Å². The van der Waals surface area contributed by atoms with Crippen molar-refractivity contribution >= 4 is 17.7 Å². The smallest absolute Gasteiger partial charge is 0.434 e. The van der Waals surface area contributed by atoms with Crippen LogP contribution in [0.25, 0.3) is 0 Å². The van der Waals surface area contributed by atoms with Crippen LogP contribution in [0.3, 0.4) is 0 Å². The van der Waals surface area contributed by atoms with E-state index < -0.39 is 23.4 Å². The second-order valence-electron chi connectivity index (χ2n) is 2.78. The van der Waals surface area contributed by atoms with Crippen LogP contribution in [-0.4, -0.2) is 21.8 Å². The number of aromatic nitrogens is 1. The summed E-state index contributed by atoms with van der Waals surface area (Å²) in [6.45, 7) is 1.77. The van der Waals surface area contributed by atoms with Gasteiger partial charge in [0.2, 0.25) is 0 Å². The average Bonchev–Trinajstić information content (AvgIpc) is 2.16. The van der Waals surface area contributed by atoms with Crippen LogP contribution in [0.15, 0.2) is 17.2 Å². The van der Waals surface area contributed by atoms with Crippen molar-refractivity contribution in [2.45, 2.75) is 18.1 Å². The number of nitrogens with zero attached hydrogens (tertiary/aromatic N) is 1. The summed E-state index contributed by atoms with van der Waals surface area (Å²) in [6.07, 6.45) is -4.75. The minimum Gasteiger partial charge on any atom is -0.478 e. The molecule has 0 aromatic carbocycles. The molecular weight excluding hydrogens is 243 g/mol. The van der Waals surface area contributed by atoms with E-state index in [0.29, 0.717) is 5.75 Å². The fraction of sp³-hybridized carbons (Fsp3) is 0.333. The van der Waals surface area contributed by atoms with Crippen LogP contribution in [0.4, 0.5) is 13.2 Å². The summed E-state index contributed by atoms with van der Waals surface area (Å²) in [5.74, 6) is -1.07. The van der Waals surface area contributed by atoms with Gasteiger partial charge in [0.15, 0.2) is 5.69 Å². The van der Waals surface area contributed by atoms with Gasteiger partial charge >= 0.3 is 12.1 Å². The van der Waals surface area contributed by atoms with E-state index in [1.54, 1.807) is 6.92 Å². The number of carboxylic acid groups (broad SMARTS) is 1. The molecule has 1 heterocycles. The number of alkyl halides is 3. The molecule has 0 saturated heterocycles. The maximum atomic E-state index is 12.5. The van der Waals surface area contributed by atoms with E-state index >= 15 is 0 Å². The van der Waals surface area contributed by atoms with Crippen molar-refractivity contribution in [1.82, 2.24) is 4.98 Å². The van der Waals surface area contributed by atoms with Crippen molar-refractivity contribution < 1.29 is 23.1 Å². The highest BCUT2D eigenvalue weighted by Crippen LogP contribution is 2.32. The molecule has 1 aromatic heterocycles. The number of pyridine rings is 1. The van der Waals surface area contributed by atoms with Gasteiger partial charge in [-0.15, -0.1) is 11.8 Å². The minimum absolute atomic E-state index is 0.167. The Bertz CT molecular complexity index is 406. The molecule has 0 aliphatic carbocycles. The van der Waals surface area contributed by atoms with Crippen LogP contribution in [0.1, 0.15) is 23.0 Å². The van der Waals surface area contributed by atoms with Crippen molar-refractivity contribution in [2.75, 3.05) is 5.75 Å². The fourth-order valence-electron chi connectivity index (χ4n) is 1.06. The van der Waals surface area contributed by atoms with Crippen LogP contribution in [0.5, 0.6) is 0 Å². The molecule has 3 nitrogen and oxygen atoms in total. The SMILES string of the molecule is CCSc1ccc(C(=O)O)c(C(F)(F)F)n1. The molecule has 1 N–H and O–H groups in total. The molecule has 0 spiro atoms. The average molecular weight is 251 g/mol. The third kappa shape index (κ3) is 2.88. The Labute approximate surface area is 93.7 Å². The molecule has 7 heteroatoms. The second-order valence-corrected chi connectivity index (χ2v) is 4.07. The molecule has 0 aliphatic rings. The van der Waals surface area contributed by atoms with Crippen LogP contribution >= 0.6 is 11.8 Å². The summed E-state index contributed by atoms with van der Waals surface area (Å²) < 4.78 is 37.5. The maximum Gasteiger partial charge on any atom is 0.434 e. The Hall–Kier alpha value is -1.24. The van der Waals surface area contributed by atoms with Crippen molar-refractivity contribution in [1.29, 1.82) is 0 Å². The summed E-state index contributed by atoms with van der Waals surface area (Å²) in [5.41, 5.74) is -2.17. The molecule has 0 saturated carbocycles. The van der Waals surface area contributed by atoms with E-state index in [9.17, 15) is 18.0 Å². The lowest BCUT2D eigenvalue weighted by molar-refractivity contribution is -0.142. The first-order chi connectivity index (χ1) is 7.36. The van der Waals surface area contributed by atoms with E-state index in [2.05, 4.69) is 4.98 Å².